The van der Waals surface area contributed by atoms with Crippen molar-refractivity contribution in [3.8, 4) is 0 Å². The molecule has 0 aromatic carbocycles. The topological polar surface area (TPSA) is 28.2 Å². The summed E-state index contributed by atoms with van der Waals surface area (Å²) in [5.41, 5.74) is 1.23. The second-order valence-corrected chi connectivity index (χ2v) is 4.24. The number of hydrogen-bond donors (Lipinski definition) is 1. The summed E-state index contributed by atoms with van der Waals surface area (Å²) in [7, 11) is 2.01. The van der Waals surface area contributed by atoms with Crippen LogP contribution >= 0.6 is 0 Å². The number of hydrogen-bond acceptors (Lipinski definition) is 3. The van der Waals surface area contributed by atoms with Crippen LogP contribution in [-0.4, -0.2) is 31.2 Å². The standard InChI is InChI=1S/C12H19N3/c1-10-5-6-12(14-8-10)15-7-3-4-11(15)9-13-2/h5-6,8,11,13H,3-4,7,9H2,1-2H3. The molecule has 3 heteroatoms. The molecule has 2 heterocycles. The van der Waals surface area contributed by atoms with Crippen LogP contribution in [0.3, 0.4) is 0 Å². The zero-order valence-corrected chi connectivity index (χ0v) is 9.53. The number of aromatic nitrogens is 1. The smallest absolute Gasteiger partial charge is 0.128 e. The SMILES string of the molecule is CNCC1CCCN1c1ccc(C)cn1. The maximum atomic E-state index is 4.49. The van der Waals surface area contributed by atoms with Gasteiger partial charge in [0.15, 0.2) is 0 Å². The second kappa shape index (κ2) is 4.62. The molecule has 1 atom stereocenters. The van der Waals surface area contributed by atoms with E-state index in [1.165, 1.54) is 18.4 Å². The third-order valence-corrected chi connectivity index (χ3v) is 3.01. The lowest BCUT2D eigenvalue weighted by molar-refractivity contribution is 0.612. The first-order valence-corrected chi connectivity index (χ1v) is 5.65. The first-order valence-electron chi connectivity index (χ1n) is 5.65. The summed E-state index contributed by atoms with van der Waals surface area (Å²) in [6.45, 7) is 4.27. The number of rotatable bonds is 3. The van der Waals surface area contributed by atoms with Gasteiger partial charge in [-0.3, -0.25) is 0 Å². The Hall–Kier alpha value is -1.09. The van der Waals surface area contributed by atoms with E-state index in [4.69, 9.17) is 0 Å². The highest BCUT2D eigenvalue weighted by molar-refractivity contribution is 5.41. The summed E-state index contributed by atoms with van der Waals surface area (Å²) in [4.78, 5) is 6.90. The Labute approximate surface area is 91.5 Å². The van der Waals surface area contributed by atoms with Gasteiger partial charge in [-0.1, -0.05) is 6.07 Å². The average Bonchev–Trinajstić information content (AvgIpc) is 2.68. The molecule has 82 valence electrons. The molecule has 1 unspecified atom stereocenters. The van der Waals surface area contributed by atoms with Crippen LogP contribution in [0.25, 0.3) is 0 Å². The average molecular weight is 205 g/mol. The fourth-order valence-corrected chi connectivity index (χ4v) is 2.22. The molecule has 0 aliphatic carbocycles. The predicted molar refractivity (Wildman–Crippen MR) is 63.3 cm³/mol. The van der Waals surface area contributed by atoms with E-state index in [-0.39, 0.29) is 0 Å². The first-order chi connectivity index (χ1) is 7.31. The molecule has 0 bridgehead atoms. The monoisotopic (exact) mass is 205 g/mol. The fourth-order valence-electron chi connectivity index (χ4n) is 2.22. The minimum atomic E-state index is 0.616. The molecule has 15 heavy (non-hydrogen) atoms. The van der Waals surface area contributed by atoms with Gasteiger partial charge in [-0.15, -0.1) is 0 Å². The van der Waals surface area contributed by atoms with Crippen molar-refractivity contribution in [3.63, 3.8) is 0 Å². The maximum absolute atomic E-state index is 4.49. The molecule has 0 amide bonds. The normalized spacial score (nSPS) is 20.9. The molecule has 1 fully saturated rings. The summed E-state index contributed by atoms with van der Waals surface area (Å²) in [6.07, 6.45) is 4.50. The Bertz CT molecular complexity index is 307. The van der Waals surface area contributed by atoms with E-state index in [9.17, 15) is 0 Å². The van der Waals surface area contributed by atoms with Gasteiger partial charge in [0, 0.05) is 25.3 Å². The van der Waals surface area contributed by atoms with Gasteiger partial charge in [-0.05, 0) is 38.4 Å². The van der Waals surface area contributed by atoms with Crippen molar-refractivity contribution in [1.29, 1.82) is 0 Å². The molecular formula is C12H19N3. The lowest BCUT2D eigenvalue weighted by Gasteiger charge is -2.25. The van der Waals surface area contributed by atoms with Crippen LogP contribution in [0.1, 0.15) is 18.4 Å². The van der Waals surface area contributed by atoms with Crippen LogP contribution < -0.4 is 10.2 Å². The largest absolute Gasteiger partial charge is 0.352 e. The van der Waals surface area contributed by atoms with E-state index in [1.807, 2.05) is 13.2 Å². The van der Waals surface area contributed by atoms with Gasteiger partial charge < -0.3 is 10.2 Å². The van der Waals surface area contributed by atoms with Crippen molar-refractivity contribution in [3.05, 3.63) is 23.9 Å². The van der Waals surface area contributed by atoms with Crippen LogP contribution in [0, 0.1) is 6.92 Å². The molecule has 0 saturated carbocycles. The van der Waals surface area contributed by atoms with E-state index in [1.54, 1.807) is 0 Å². The molecule has 0 radical (unpaired) electrons. The molecule has 1 aliphatic heterocycles. The van der Waals surface area contributed by atoms with E-state index >= 15 is 0 Å². The zero-order chi connectivity index (χ0) is 10.7. The Morgan fingerprint density at radius 1 is 1.53 bits per heavy atom. The molecular weight excluding hydrogens is 186 g/mol. The Morgan fingerprint density at radius 2 is 2.40 bits per heavy atom. The summed E-state index contributed by atoms with van der Waals surface area (Å²) in [5.74, 6) is 1.12. The van der Waals surface area contributed by atoms with E-state index < -0.39 is 0 Å². The number of nitrogens with one attached hydrogen (secondary N) is 1. The van der Waals surface area contributed by atoms with Crippen molar-refractivity contribution in [2.24, 2.45) is 0 Å². The quantitative estimate of drug-likeness (QED) is 0.812. The van der Waals surface area contributed by atoms with Crippen LogP contribution in [0.5, 0.6) is 0 Å². The van der Waals surface area contributed by atoms with Gasteiger partial charge in [-0.2, -0.15) is 0 Å². The minimum absolute atomic E-state index is 0.616. The van der Waals surface area contributed by atoms with Crippen molar-refractivity contribution in [2.75, 3.05) is 25.0 Å². The Balaban J connectivity index is 2.11. The summed E-state index contributed by atoms with van der Waals surface area (Å²) >= 11 is 0. The number of aryl methyl sites for hydroxylation is 1. The Morgan fingerprint density at radius 3 is 3.07 bits per heavy atom. The predicted octanol–water partition coefficient (Wildman–Crippen LogP) is 1.58. The summed E-state index contributed by atoms with van der Waals surface area (Å²) < 4.78 is 0. The summed E-state index contributed by atoms with van der Waals surface area (Å²) in [5, 5.41) is 3.25. The van der Waals surface area contributed by atoms with Crippen molar-refractivity contribution >= 4 is 5.82 Å². The molecule has 1 aliphatic rings. The van der Waals surface area contributed by atoms with E-state index in [0.29, 0.717) is 6.04 Å². The van der Waals surface area contributed by atoms with E-state index in [2.05, 4.69) is 34.3 Å². The Kier molecular flexibility index (Phi) is 3.21. The fraction of sp³-hybridized carbons (Fsp3) is 0.583. The molecule has 1 aromatic heterocycles. The molecule has 2 rings (SSSR count). The molecule has 3 nitrogen and oxygen atoms in total. The highest BCUT2D eigenvalue weighted by Crippen LogP contribution is 2.23. The molecule has 1 N–H and O–H groups in total. The third-order valence-electron chi connectivity index (χ3n) is 3.01. The third kappa shape index (κ3) is 2.29. The zero-order valence-electron chi connectivity index (χ0n) is 9.53. The number of likely N-dealkylation sites (N-methyl/N-ethyl adjacent to an activating group) is 1. The molecule has 1 saturated heterocycles. The van der Waals surface area contributed by atoms with Gasteiger partial charge in [0.2, 0.25) is 0 Å². The highest BCUT2D eigenvalue weighted by Gasteiger charge is 2.24. The molecule has 0 spiro atoms. The molecule has 1 aromatic rings. The van der Waals surface area contributed by atoms with Crippen molar-refractivity contribution < 1.29 is 0 Å². The van der Waals surface area contributed by atoms with Gasteiger partial charge in [0.25, 0.3) is 0 Å². The van der Waals surface area contributed by atoms with Crippen LogP contribution in [-0.2, 0) is 0 Å². The van der Waals surface area contributed by atoms with Crippen LogP contribution in [0.15, 0.2) is 18.3 Å². The van der Waals surface area contributed by atoms with Crippen molar-refractivity contribution in [2.45, 2.75) is 25.8 Å². The maximum Gasteiger partial charge on any atom is 0.128 e. The minimum Gasteiger partial charge on any atom is -0.352 e. The number of pyridine rings is 1. The first kappa shape index (κ1) is 10.4. The number of nitrogens with zero attached hydrogens (tertiary/aromatic N) is 2. The lowest BCUT2D eigenvalue weighted by atomic mass is 10.2. The van der Waals surface area contributed by atoms with Crippen LogP contribution in [0.4, 0.5) is 5.82 Å². The summed E-state index contributed by atoms with van der Waals surface area (Å²) in [6, 6.07) is 4.88. The lowest BCUT2D eigenvalue weighted by Crippen LogP contribution is -2.37. The van der Waals surface area contributed by atoms with Crippen LogP contribution in [0.2, 0.25) is 0 Å². The highest BCUT2D eigenvalue weighted by atomic mass is 15.2. The second-order valence-electron chi connectivity index (χ2n) is 4.24. The van der Waals surface area contributed by atoms with Gasteiger partial charge in [0.05, 0.1) is 0 Å². The van der Waals surface area contributed by atoms with Crippen molar-refractivity contribution in [1.82, 2.24) is 10.3 Å². The van der Waals surface area contributed by atoms with Gasteiger partial charge >= 0.3 is 0 Å². The van der Waals surface area contributed by atoms with Gasteiger partial charge in [0.1, 0.15) is 5.82 Å². The van der Waals surface area contributed by atoms with Gasteiger partial charge in [-0.25, -0.2) is 4.98 Å². The van der Waals surface area contributed by atoms with E-state index in [0.717, 1.165) is 18.9 Å². The number of anilines is 1.